The molecule has 16 heavy (non-hydrogen) atoms. The number of carbonyl (C=O) groups excluding carboxylic acids is 1. The summed E-state index contributed by atoms with van der Waals surface area (Å²) in [6.07, 6.45) is 2.31. The average molecular weight is 228 g/mol. The first-order valence-electron chi connectivity index (χ1n) is 5.69. The summed E-state index contributed by atoms with van der Waals surface area (Å²) < 4.78 is 0. The van der Waals surface area contributed by atoms with Gasteiger partial charge in [-0.1, -0.05) is 13.8 Å². The lowest BCUT2D eigenvalue weighted by atomic mass is 9.82. The summed E-state index contributed by atoms with van der Waals surface area (Å²) >= 11 is 0. The maximum absolute atomic E-state index is 11.5. The van der Waals surface area contributed by atoms with Crippen LogP contribution in [0.15, 0.2) is 0 Å². The molecule has 1 fully saturated rings. The van der Waals surface area contributed by atoms with Gasteiger partial charge in [0.05, 0.1) is 0 Å². The second kappa shape index (κ2) is 4.72. The molecule has 3 N–H and O–H groups in total. The zero-order chi connectivity index (χ0) is 12.3. The highest BCUT2D eigenvalue weighted by molar-refractivity contribution is 5.85. The number of rotatable bonds is 4. The third kappa shape index (κ3) is 2.87. The van der Waals surface area contributed by atoms with Crippen LogP contribution in [0.1, 0.15) is 40.0 Å². The van der Waals surface area contributed by atoms with E-state index in [1.807, 2.05) is 0 Å². The van der Waals surface area contributed by atoms with Gasteiger partial charge in [0.15, 0.2) is 0 Å². The SMILES string of the molecule is CCC(C)(NC(=O)NC1CC(C)C1)C(=O)O. The van der Waals surface area contributed by atoms with Crippen molar-refractivity contribution in [2.45, 2.75) is 51.6 Å². The van der Waals surface area contributed by atoms with E-state index >= 15 is 0 Å². The monoisotopic (exact) mass is 228 g/mol. The molecule has 0 radical (unpaired) electrons. The first kappa shape index (κ1) is 12.8. The van der Waals surface area contributed by atoms with Crippen molar-refractivity contribution in [2.75, 3.05) is 0 Å². The number of hydrogen-bond donors (Lipinski definition) is 3. The Balaban J connectivity index is 2.40. The Kier molecular flexibility index (Phi) is 3.78. The summed E-state index contributed by atoms with van der Waals surface area (Å²) in [5.41, 5.74) is -1.18. The molecular weight excluding hydrogens is 208 g/mol. The van der Waals surface area contributed by atoms with Gasteiger partial charge in [0, 0.05) is 6.04 Å². The van der Waals surface area contributed by atoms with E-state index in [1.165, 1.54) is 6.92 Å². The molecule has 2 amide bonds. The smallest absolute Gasteiger partial charge is 0.329 e. The standard InChI is InChI=1S/C11H20N2O3/c1-4-11(3,9(14)15)13-10(16)12-8-5-7(2)6-8/h7-8H,4-6H2,1-3H3,(H,14,15)(H2,12,13,16). The first-order valence-corrected chi connectivity index (χ1v) is 5.69. The van der Waals surface area contributed by atoms with E-state index in [9.17, 15) is 9.59 Å². The quantitative estimate of drug-likeness (QED) is 0.679. The van der Waals surface area contributed by atoms with Crippen molar-refractivity contribution >= 4 is 12.0 Å². The fraction of sp³-hybridized carbons (Fsp3) is 0.818. The highest BCUT2D eigenvalue weighted by Crippen LogP contribution is 2.26. The van der Waals surface area contributed by atoms with Gasteiger partial charge in [0.25, 0.3) is 0 Å². The van der Waals surface area contributed by atoms with Crippen molar-refractivity contribution < 1.29 is 14.7 Å². The third-order valence-electron chi connectivity index (χ3n) is 3.28. The minimum absolute atomic E-state index is 0.199. The van der Waals surface area contributed by atoms with E-state index in [0.29, 0.717) is 12.3 Å². The van der Waals surface area contributed by atoms with Crippen LogP contribution in [-0.2, 0) is 4.79 Å². The lowest BCUT2D eigenvalue weighted by Gasteiger charge is -2.34. The molecule has 0 heterocycles. The molecule has 92 valence electrons. The number of nitrogens with one attached hydrogen (secondary N) is 2. The van der Waals surface area contributed by atoms with Gasteiger partial charge in [0.2, 0.25) is 0 Å². The molecule has 1 aliphatic rings. The number of carboxylic acids is 1. The van der Waals surface area contributed by atoms with Crippen LogP contribution in [0.3, 0.4) is 0 Å². The highest BCUT2D eigenvalue weighted by atomic mass is 16.4. The van der Waals surface area contributed by atoms with E-state index < -0.39 is 11.5 Å². The molecule has 1 saturated carbocycles. The van der Waals surface area contributed by atoms with Gasteiger partial charge in [-0.3, -0.25) is 0 Å². The van der Waals surface area contributed by atoms with E-state index in [4.69, 9.17) is 5.11 Å². The van der Waals surface area contributed by atoms with Gasteiger partial charge >= 0.3 is 12.0 Å². The molecule has 1 aliphatic carbocycles. The maximum atomic E-state index is 11.5. The fourth-order valence-corrected chi connectivity index (χ4v) is 1.79. The number of urea groups is 1. The predicted octanol–water partition coefficient (Wildman–Crippen LogP) is 1.34. The fourth-order valence-electron chi connectivity index (χ4n) is 1.79. The Morgan fingerprint density at radius 1 is 1.44 bits per heavy atom. The third-order valence-corrected chi connectivity index (χ3v) is 3.28. The summed E-state index contributed by atoms with van der Waals surface area (Å²) in [5.74, 6) is -0.352. The van der Waals surface area contributed by atoms with Crippen LogP contribution >= 0.6 is 0 Å². The van der Waals surface area contributed by atoms with Crippen LogP contribution < -0.4 is 10.6 Å². The van der Waals surface area contributed by atoms with Crippen molar-refractivity contribution in [1.29, 1.82) is 0 Å². The molecule has 0 spiro atoms. The molecule has 0 aromatic carbocycles. The molecule has 0 aliphatic heterocycles. The highest BCUT2D eigenvalue weighted by Gasteiger charge is 2.34. The molecule has 0 saturated heterocycles. The first-order chi connectivity index (χ1) is 7.37. The molecule has 1 atom stereocenters. The van der Waals surface area contributed by atoms with Crippen LogP contribution in [0.5, 0.6) is 0 Å². The Morgan fingerprint density at radius 3 is 2.38 bits per heavy atom. The Hall–Kier alpha value is -1.26. The van der Waals surface area contributed by atoms with Crippen molar-refractivity contribution in [3.8, 4) is 0 Å². The predicted molar refractivity (Wildman–Crippen MR) is 60.2 cm³/mol. The lowest BCUT2D eigenvalue weighted by Crippen LogP contribution is -2.57. The zero-order valence-corrected chi connectivity index (χ0v) is 10.0. The number of amides is 2. The number of carbonyl (C=O) groups is 2. The van der Waals surface area contributed by atoms with Gasteiger partial charge in [-0.2, -0.15) is 0 Å². The maximum Gasteiger partial charge on any atom is 0.329 e. The molecule has 0 aromatic heterocycles. The number of hydrogen-bond acceptors (Lipinski definition) is 2. The number of carboxylic acid groups (broad SMARTS) is 1. The Bertz CT molecular complexity index is 287. The van der Waals surface area contributed by atoms with Gasteiger partial charge in [-0.25, -0.2) is 9.59 Å². The van der Waals surface area contributed by atoms with Crippen molar-refractivity contribution in [1.82, 2.24) is 10.6 Å². The van der Waals surface area contributed by atoms with E-state index in [-0.39, 0.29) is 12.1 Å². The summed E-state index contributed by atoms with van der Waals surface area (Å²) in [5, 5.41) is 14.3. The minimum Gasteiger partial charge on any atom is -0.480 e. The van der Waals surface area contributed by atoms with Gasteiger partial charge in [0.1, 0.15) is 5.54 Å². The van der Waals surface area contributed by atoms with Crippen molar-refractivity contribution in [3.05, 3.63) is 0 Å². The van der Waals surface area contributed by atoms with Crippen LogP contribution in [0.25, 0.3) is 0 Å². The van der Waals surface area contributed by atoms with Crippen molar-refractivity contribution in [3.63, 3.8) is 0 Å². The minimum atomic E-state index is -1.18. The molecule has 0 aromatic rings. The topological polar surface area (TPSA) is 78.4 Å². The van der Waals surface area contributed by atoms with Crippen LogP contribution in [0, 0.1) is 5.92 Å². The second-order valence-electron chi connectivity index (χ2n) is 4.86. The lowest BCUT2D eigenvalue weighted by molar-refractivity contribution is -0.143. The zero-order valence-electron chi connectivity index (χ0n) is 10.0. The Morgan fingerprint density at radius 2 is 2.00 bits per heavy atom. The van der Waals surface area contributed by atoms with Crippen LogP contribution in [0.2, 0.25) is 0 Å². The molecule has 1 rings (SSSR count). The number of aliphatic carboxylic acids is 1. The molecule has 5 heteroatoms. The van der Waals surface area contributed by atoms with Crippen molar-refractivity contribution in [2.24, 2.45) is 5.92 Å². The molecule has 1 unspecified atom stereocenters. The molecule has 5 nitrogen and oxygen atoms in total. The second-order valence-corrected chi connectivity index (χ2v) is 4.86. The van der Waals surface area contributed by atoms with Gasteiger partial charge in [-0.15, -0.1) is 0 Å². The van der Waals surface area contributed by atoms with E-state index in [1.54, 1.807) is 6.92 Å². The summed E-state index contributed by atoms with van der Waals surface area (Å²) in [7, 11) is 0. The van der Waals surface area contributed by atoms with E-state index in [2.05, 4.69) is 17.6 Å². The summed E-state index contributed by atoms with van der Waals surface area (Å²) in [6, 6.07) is -0.187. The van der Waals surface area contributed by atoms with Crippen LogP contribution in [0.4, 0.5) is 4.79 Å². The molecule has 0 bridgehead atoms. The largest absolute Gasteiger partial charge is 0.480 e. The van der Waals surface area contributed by atoms with E-state index in [0.717, 1.165) is 12.8 Å². The Labute approximate surface area is 95.6 Å². The van der Waals surface area contributed by atoms with Gasteiger partial charge in [-0.05, 0) is 32.1 Å². The normalized spacial score (nSPS) is 27.4. The summed E-state index contributed by atoms with van der Waals surface area (Å²) in [4.78, 5) is 22.5. The average Bonchev–Trinajstić information content (AvgIpc) is 2.14. The van der Waals surface area contributed by atoms with Gasteiger partial charge < -0.3 is 15.7 Å². The molecular formula is C11H20N2O3. The van der Waals surface area contributed by atoms with Crippen LogP contribution in [-0.4, -0.2) is 28.7 Å². The summed E-state index contributed by atoms with van der Waals surface area (Å²) in [6.45, 7) is 5.38.